The lowest BCUT2D eigenvalue weighted by Crippen LogP contribution is -2.07. The van der Waals surface area contributed by atoms with Crippen molar-refractivity contribution < 1.29 is 15.1 Å². The molecule has 0 aliphatic heterocycles. The Bertz CT molecular complexity index is 203. The normalized spacial score (nSPS) is 9.70. The van der Waals surface area contributed by atoms with Crippen LogP contribution in [0.25, 0.3) is 0 Å². The van der Waals surface area contributed by atoms with Crippen molar-refractivity contribution >= 4 is 11.6 Å². The lowest BCUT2D eigenvalue weighted by atomic mass is 10.6. The van der Waals surface area contributed by atoms with E-state index in [0.717, 1.165) is 4.73 Å². The number of rotatable bonds is 2. The van der Waals surface area contributed by atoms with E-state index in [0.29, 0.717) is 0 Å². The summed E-state index contributed by atoms with van der Waals surface area (Å²) in [6.07, 6.45) is 0. The molecular weight excluding hydrogens is 158 g/mol. The van der Waals surface area contributed by atoms with Crippen molar-refractivity contribution in [1.29, 1.82) is 0 Å². The molecule has 0 aliphatic rings. The second-order valence-corrected chi connectivity index (χ2v) is 1.80. The number of alkyl halides is 1. The molecular formula is C5H6ClNO3. The Morgan fingerprint density at radius 1 is 1.40 bits per heavy atom. The van der Waals surface area contributed by atoms with E-state index < -0.39 is 0 Å². The number of hydrogen-bond acceptors (Lipinski definition) is 3. The molecule has 0 bridgehead atoms. The number of aromatic hydroxyl groups is 2. The van der Waals surface area contributed by atoms with Crippen molar-refractivity contribution in [3.8, 4) is 11.8 Å². The summed E-state index contributed by atoms with van der Waals surface area (Å²) < 4.78 is 0.826. The Labute approximate surface area is 62.2 Å². The standard InChI is InChI=1S/C5H6ClNO3/c6-3-10-7-4(8)1-2-5(7)9/h1-2,8-9H,3H2. The van der Waals surface area contributed by atoms with E-state index in [1.807, 2.05) is 0 Å². The molecule has 1 aromatic heterocycles. The third kappa shape index (κ3) is 1.11. The summed E-state index contributed by atoms with van der Waals surface area (Å²) in [5.74, 6) is -0.365. The lowest BCUT2D eigenvalue weighted by Gasteiger charge is -2.03. The molecule has 0 saturated heterocycles. The van der Waals surface area contributed by atoms with Gasteiger partial charge in [0.1, 0.15) is 0 Å². The molecule has 0 fully saturated rings. The number of nitrogens with zero attached hydrogens (tertiary/aromatic N) is 1. The van der Waals surface area contributed by atoms with Gasteiger partial charge in [0.2, 0.25) is 11.8 Å². The van der Waals surface area contributed by atoms with Gasteiger partial charge in [0.25, 0.3) is 0 Å². The molecule has 1 rings (SSSR count). The summed E-state index contributed by atoms with van der Waals surface area (Å²) in [6.45, 7) is 0. The third-order valence-corrected chi connectivity index (χ3v) is 1.07. The predicted molar refractivity (Wildman–Crippen MR) is 35.1 cm³/mol. The van der Waals surface area contributed by atoms with Gasteiger partial charge >= 0.3 is 0 Å². The molecule has 1 aromatic rings. The molecule has 0 atom stereocenters. The van der Waals surface area contributed by atoms with Gasteiger partial charge in [0, 0.05) is 12.1 Å². The average Bonchev–Trinajstić information content (AvgIpc) is 2.20. The van der Waals surface area contributed by atoms with Crippen LogP contribution in [0.4, 0.5) is 0 Å². The van der Waals surface area contributed by atoms with Gasteiger partial charge in [-0.15, -0.1) is 4.73 Å². The van der Waals surface area contributed by atoms with Crippen molar-refractivity contribution in [2.45, 2.75) is 0 Å². The minimum Gasteiger partial charge on any atom is -0.492 e. The van der Waals surface area contributed by atoms with Crippen LogP contribution in [0.3, 0.4) is 0 Å². The number of halogens is 1. The van der Waals surface area contributed by atoms with Crippen molar-refractivity contribution in [1.82, 2.24) is 4.73 Å². The lowest BCUT2D eigenvalue weighted by molar-refractivity contribution is 0.106. The highest BCUT2D eigenvalue weighted by molar-refractivity contribution is 6.17. The average molecular weight is 164 g/mol. The van der Waals surface area contributed by atoms with Gasteiger partial charge in [-0.05, 0) is 0 Å². The van der Waals surface area contributed by atoms with Gasteiger partial charge in [-0.1, -0.05) is 11.6 Å². The second-order valence-electron chi connectivity index (χ2n) is 1.58. The molecule has 2 N–H and O–H groups in total. The van der Waals surface area contributed by atoms with E-state index in [9.17, 15) is 0 Å². The summed E-state index contributed by atoms with van der Waals surface area (Å²) in [5, 5.41) is 17.8. The smallest absolute Gasteiger partial charge is 0.229 e. The molecule has 0 unspecified atom stereocenters. The fraction of sp³-hybridized carbons (Fsp3) is 0.200. The van der Waals surface area contributed by atoms with E-state index in [1.165, 1.54) is 12.1 Å². The molecule has 0 radical (unpaired) electrons. The Balaban J connectivity index is 2.87. The van der Waals surface area contributed by atoms with Gasteiger partial charge in [-0.25, -0.2) is 0 Å². The van der Waals surface area contributed by atoms with Crippen LogP contribution in [0.15, 0.2) is 12.1 Å². The molecule has 0 saturated carbocycles. The van der Waals surface area contributed by atoms with Crippen LogP contribution >= 0.6 is 11.6 Å². The van der Waals surface area contributed by atoms with E-state index in [1.54, 1.807) is 0 Å². The SMILES string of the molecule is Oc1ccc(O)n1OCCl. The molecule has 5 heteroatoms. The van der Waals surface area contributed by atoms with Crippen molar-refractivity contribution in [2.24, 2.45) is 0 Å². The molecule has 10 heavy (non-hydrogen) atoms. The van der Waals surface area contributed by atoms with Crippen molar-refractivity contribution in [2.75, 3.05) is 6.07 Å². The van der Waals surface area contributed by atoms with Crippen LogP contribution in [-0.2, 0) is 0 Å². The van der Waals surface area contributed by atoms with Crippen LogP contribution in [0.5, 0.6) is 11.8 Å². The molecule has 1 heterocycles. The number of hydrogen-bond donors (Lipinski definition) is 2. The van der Waals surface area contributed by atoms with Gasteiger partial charge in [0.15, 0.2) is 6.07 Å². The predicted octanol–water partition coefficient (Wildman–Crippen LogP) is 0.524. The van der Waals surface area contributed by atoms with E-state index >= 15 is 0 Å². The van der Waals surface area contributed by atoms with Crippen molar-refractivity contribution in [3.63, 3.8) is 0 Å². The zero-order chi connectivity index (χ0) is 7.56. The summed E-state index contributed by atoms with van der Waals surface area (Å²) >= 11 is 5.17. The zero-order valence-electron chi connectivity index (χ0n) is 4.99. The Morgan fingerprint density at radius 3 is 2.30 bits per heavy atom. The fourth-order valence-electron chi connectivity index (χ4n) is 0.583. The maximum atomic E-state index is 8.88. The molecule has 0 aromatic carbocycles. The van der Waals surface area contributed by atoms with E-state index in [4.69, 9.17) is 21.8 Å². The summed E-state index contributed by atoms with van der Waals surface area (Å²) in [5.41, 5.74) is 0. The first-order chi connectivity index (χ1) is 4.75. The number of aromatic nitrogens is 1. The molecule has 0 amide bonds. The maximum absolute atomic E-state index is 8.88. The Kier molecular flexibility index (Phi) is 1.91. The first-order valence-corrected chi connectivity index (χ1v) is 3.08. The van der Waals surface area contributed by atoms with E-state index in [-0.39, 0.29) is 17.8 Å². The second kappa shape index (κ2) is 2.70. The minimum absolute atomic E-state index is 0.129. The van der Waals surface area contributed by atoms with Crippen LogP contribution in [0.2, 0.25) is 0 Å². The van der Waals surface area contributed by atoms with Crippen LogP contribution in [-0.4, -0.2) is 21.0 Å². The highest BCUT2D eigenvalue weighted by Crippen LogP contribution is 2.18. The minimum atomic E-state index is -0.182. The maximum Gasteiger partial charge on any atom is 0.229 e. The first-order valence-electron chi connectivity index (χ1n) is 2.54. The fourth-order valence-corrected chi connectivity index (χ4v) is 0.680. The highest BCUT2D eigenvalue weighted by atomic mass is 35.5. The van der Waals surface area contributed by atoms with Crippen LogP contribution in [0, 0.1) is 0 Å². The van der Waals surface area contributed by atoms with Gasteiger partial charge in [0.05, 0.1) is 0 Å². The monoisotopic (exact) mass is 163 g/mol. The van der Waals surface area contributed by atoms with E-state index in [2.05, 4.69) is 4.84 Å². The Hall–Kier alpha value is -1.03. The van der Waals surface area contributed by atoms with Crippen LogP contribution in [0.1, 0.15) is 0 Å². The quantitative estimate of drug-likeness (QED) is 0.626. The third-order valence-electron chi connectivity index (χ3n) is 0.976. The topological polar surface area (TPSA) is 54.6 Å². The largest absolute Gasteiger partial charge is 0.492 e. The van der Waals surface area contributed by atoms with Crippen LogP contribution < -0.4 is 4.84 Å². The van der Waals surface area contributed by atoms with Crippen molar-refractivity contribution in [3.05, 3.63) is 12.1 Å². The molecule has 56 valence electrons. The summed E-state index contributed by atoms with van der Waals surface area (Å²) in [6, 6.07) is 2.46. The molecule has 4 nitrogen and oxygen atoms in total. The zero-order valence-corrected chi connectivity index (χ0v) is 5.75. The Morgan fingerprint density at radius 2 is 1.90 bits per heavy atom. The highest BCUT2D eigenvalue weighted by Gasteiger charge is 2.04. The summed E-state index contributed by atoms with van der Waals surface area (Å²) in [4.78, 5) is 4.59. The van der Waals surface area contributed by atoms with Gasteiger partial charge < -0.3 is 15.1 Å². The molecule has 0 aliphatic carbocycles. The molecule has 0 spiro atoms. The summed E-state index contributed by atoms with van der Waals surface area (Å²) in [7, 11) is 0. The van der Waals surface area contributed by atoms with Gasteiger partial charge in [-0.3, -0.25) is 0 Å². The van der Waals surface area contributed by atoms with Gasteiger partial charge in [-0.2, -0.15) is 0 Å². The first kappa shape index (κ1) is 7.08.